The number of nitrogens with two attached hydrogens (primary N) is 1. The van der Waals surface area contributed by atoms with E-state index >= 15 is 0 Å². The molecule has 0 aliphatic rings. The Bertz CT molecular complexity index is 667. The molecule has 0 fully saturated rings. The minimum atomic E-state index is -1.54. The van der Waals surface area contributed by atoms with E-state index in [1.54, 1.807) is 13.0 Å². The number of benzene rings is 1. The van der Waals surface area contributed by atoms with E-state index < -0.39 is 17.5 Å². The van der Waals surface area contributed by atoms with Crippen LogP contribution in [0.4, 0.5) is 24.8 Å². The number of aryl methyl sites for hydroxylation is 1. The standard InChI is InChI=1S/C12H9F3N4S/c1-5-2-9(11(16)20)19-12(17-5)18-6-3-7(13)10(15)8(14)4-6/h2-4H,1H3,(H2,16,20)(H,17,18,19). The lowest BCUT2D eigenvalue weighted by atomic mass is 10.3. The van der Waals surface area contributed by atoms with Crippen molar-refractivity contribution in [1.82, 2.24) is 9.97 Å². The number of nitrogens with one attached hydrogen (secondary N) is 1. The zero-order chi connectivity index (χ0) is 14.9. The Morgan fingerprint density at radius 3 is 2.30 bits per heavy atom. The summed E-state index contributed by atoms with van der Waals surface area (Å²) < 4.78 is 39.0. The van der Waals surface area contributed by atoms with Gasteiger partial charge in [-0.25, -0.2) is 23.1 Å². The van der Waals surface area contributed by atoms with Crippen molar-refractivity contribution in [3.8, 4) is 0 Å². The molecule has 8 heteroatoms. The largest absolute Gasteiger partial charge is 0.388 e. The summed E-state index contributed by atoms with van der Waals surface area (Å²) in [6, 6.07) is 3.16. The lowest BCUT2D eigenvalue weighted by Gasteiger charge is -2.08. The van der Waals surface area contributed by atoms with Gasteiger partial charge in [0.15, 0.2) is 17.5 Å². The van der Waals surface area contributed by atoms with Gasteiger partial charge in [0.25, 0.3) is 0 Å². The first-order valence-corrected chi connectivity index (χ1v) is 5.84. The molecule has 4 nitrogen and oxygen atoms in total. The van der Waals surface area contributed by atoms with E-state index in [2.05, 4.69) is 15.3 Å². The van der Waals surface area contributed by atoms with Crippen molar-refractivity contribution in [2.24, 2.45) is 5.73 Å². The number of rotatable bonds is 3. The van der Waals surface area contributed by atoms with Gasteiger partial charge in [-0.15, -0.1) is 0 Å². The maximum atomic E-state index is 13.1. The third kappa shape index (κ3) is 3.02. The first-order valence-electron chi connectivity index (χ1n) is 5.44. The minimum Gasteiger partial charge on any atom is -0.388 e. The summed E-state index contributed by atoms with van der Waals surface area (Å²) in [7, 11) is 0. The number of thiocarbonyl (C=S) groups is 1. The topological polar surface area (TPSA) is 63.8 Å². The highest BCUT2D eigenvalue weighted by molar-refractivity contribution is 7.80. The van der Waals surface area contributed by atoms with Crippen LogP contribution in [0.25, 0.3) is 0 Å². The van der Waals surface area contributed by atoms with E-state index in [0.29, 0.717) is 11.4 Å². The van der Waals surface area contributed by atoms with Crippen molar-refractivity contribution in [3.05, 3.63) is 47.0 Å². The van der Waals surface area contributed by atoms with E-state index in [9.17, 15) is 13.2 Å². The molecule has 0 bridgehead atoms. The van der Waals surface area contributed by atoms with Gasteiger partial charge < -0.3 is 11.1 Å². The summed E-state index contributed by atoms with van der Waals surface area (Å²) in [6.45, 7) is 1.68. The highest BCUT2D eigenvalue weighted by Crippen LogP contribution is 2.20. The van der Waals surface area contributed by atoms with Gasteiger partial charge in [0.05, 0.1) is 0 Å². The third-order valence-electron chi connectivity index (χ3n) is 2.35. The molecule has 0 radical (unpaired) electrons. The highest BCUT2D eigenvalue weighted by atomic mass is 32.1. The molecule has 3 N–H and O–H groups in total. The van der Waals surface area contributed by atoms with Crippen LogP contribution in [0.3, 0.4) is 0 Å². The average Bonchev–Trinajstić information content (AvgIpc) is 2.35. The molecule has 1 aromatic heterocycles. The van der Waals surface area contributed by atoms with Crippen LogP contribution in [0.1, 0.15) is 11.4 Å². The van der Waals surface area contributed by atoms with Crippen LogP contribution in [0.2, 0.25) is 0 Å². The molecule has 0 unspecified atom stereocenters. The van der Waals surface area contributed by atoms with Crippen molar-refractivity contribution < 1.29 is 13.2 Å². The quantitative estimate of drug-likeness (QED) is 0.673. The minimum absolute atomic E-state index is 0.0270. The lowest BCUT2D eigenvalue weighted by molar-refractivity contribution is 0.448. The maximum Gasteiger partial charge on any atom is 0.228 e. The van der Waals surface area contributed by atoms with Crippen molar-refractivity contribution in [3.63, 3.8) is 0 Å². The number of nitrogens with zero attached hydrogens (tertiary/aromatic N) is 2. The Labute approximate surface area is 117 Å². The van der Waals surface area contributed by atoms with Crippen molar-refractivity contribution in [2.45, 2.75) is 6.92 Å². The lowest BCUT2D eigenvalue weighted by Crippen LogP contribution is -2.14. The van der Waals surface area contributed by atoms with Crippen molar-refractivity contribution >= 4 is 28.8 Å². The molecule has 0 saturated carbocycles. The van der Waals surface area contributed by atoms with Crippen LogP contribution >= 0.6 is 12.2 Å². The Morgan fingerprint density at radius 2 is 1.75 bits per heavy atom. The van der Waals surface area contributed by atoms with Crippen LogP contribution in [0.15, 0.2) is 18.2 Å². The van der Waals surface area contributed by atoms with Gasteiger partial charge in [0.1, 0.15) is 10.7 Å². The average molecular weight is 298 g/mol. The van der Waals surface area contributed by atoms with E-state index in [1.165, 1.54) is 0 Å². The molecule has 1 heterocycles. The Kier molecular flexibility index (Phi) is 3.84. The zero-order valence-electron chi connectivity index (χ0n) is 10.2. The second-order valence-corrected chi connectivity index (χ2v) is 4.40. The SMILES string of the molecule is Cc1cc(C(N)=S)nc(Nc2cc(F)c(F)c(F)c2)n1. The van der Waals surface area contributed by atoms with E-state index in [4.69, 9.17) is 18.0 Å². The van der Waals surface area contributed by atoms with Crippen LogP contribution in [0.5, 0.6) is 0 Å². The van der Waals surface area contributed by atoms with Gasteiger partial charge in [-0.1, -0.05) is 12.2 Å². The first kappa shape index (κ1) is 14.2. The molecule has 0 spiro atoms. The Morgan fingerprint density at radius 1 is 1.15 bits per heavy atom. The molecular formula is C12H9F3N4S. The fraction of sp³-hybridized carbons (Fsp3) is 0.0833. The van der Waals surface area contributed by atoms with Crippen LogP contribution in [0, 0.1) is 24.4 Å². The molecule has 0 aliphatic heterocycles. The number of aromatic nitrogens is 2. The zero-order valence-corrected chi connectivity index (χ0v) is 11.1. The van der Waals surface area contributed by atoms with Gasteiger partial charge in [0, 0.05) is 23.5 Å². The summed E-state index contributed by atoms with van der Waals surface area (Å²) in [4.78, 5) is 8.07. The molecule has 2 aromatic rings. The van der Waals surface area contributed by atoms with Crippen molar-refractivity contribution in [2.75, 3.05) is 5.32 Å². The van der Waals surface area contributed by atoms with E-state index in [0.717, 1.165) is 12.1 Å². The number of anilines is 2. The monoisotopic (exact) mass is 298 g/mol. The molecule has 104 valence electrons. The summed E-state index contributed by atoms with van der Waals surface area (Å²) >= 11 is 4.79. The molecule has 1 aromatic carbocycles. The number of hydrogen-bond acceptors (Lipinski definition) is 4. The maximum absolute atomic E-state index is 13.1. The smallest absolute Gasteiger partial charge is 0.228 e. The Hall–Kier alpha value is -2.22. The van der Waals surface area contributed by atoms with Crippen LogP contribution < -0.4 is 11.1 Å². The molecule has 0 atom stereocenters. The molecular weight excluding hydrogens is 289 g/mol. The predicted molar refractivity (Wildman–Crippen MR) is 72.3 cm³/mol. The second-order valence-electron chi connectivity index (χ2n) is 3.96. The normalized spacial score (nSPS) is 10.4. The number of halogens is 3. The third-order valence-corrected chi connectivity index (χ3v) is 2.56. The number of hydrogen-bond donors (Lipinski definition) is 2. The molecule has 2 rings (SSSR count). The predicted octanol–water partition coefficient (Wildman–Crippen LogP) is 2.58. The second kappa shape index (κ2) is 5.41. The molecule has 0 amide bonds. The molecule has 0 saturated heterocycles. The summed E-state index contributed by atoms with van der Waals surface area (Å²) in [6.07, 6.45) is 0. The molecule has 20 heavy (non-hydrogen) atoms. The molecule has 0 aliphatic carbocycles. The first-order chi connectivity index (χ1) is 9.36. The van der Waals surface area contributed by atoms with Gasteiger partial charge >= 0.3 is 0 Å². The van der Waals surface area contributed by atoms with E-state index in [-0.39, 0.29) is 16.6 Å². The summed E-state index contributed by atoms with van der Waals surface area (Å²) in [5, 5.41) is 2.56. The fourth-order valence-electron chi connectivity index (χ4n) is 1.51. The van der Waals surface area contributed by atoms with Crippen LogP contribution in [-0.2, 0) is 0 Å². The van der Waals surface area contributed by atoms with Gasteiger partial charge in [-0.05, 0) is 13.0 Å². The van der Waals surface area contributed by atoms with Crippen LogP contribution in [-0.4, -0.2) is 15.0 Å². The summed E-state index contributed by atoms with van der Waals surface area (Å²) in [5.41, 5.74) is 6.31. The Balaban J connectivity index is 2.37. The van der Waals surface area contributed by atoms with E-state index in [1.807, 2.05) is 0 Å². The van der Waals surface area contributed by atoms with Gasteiger partial charge in [-0.3, -0.25) is 0 Å². The van der Waals surface area contributed by atoms with Crippen molar-refractivity contribution in [1.29, 1.82) is 0 Å². The highest BCUT2D eigenvalue weighted by Gasteiger charge is 2.12. The summed E-state index contributed by atoms with van der Waals surface area (Å²) in [5.74, 6) is -4.10. The van der Waals surface area contributed by atoms with Gasteiger partial charge in [-0.2, -0.15) is 0 Å². The fourth-order valence-corrected chi connectivity index (χ4v) is 1.61. The van der Waals surface area contributed by atoms with Gasteiger partial charge in [0.2, 0.25) is 5.95 Å².